The molecule has 0 fully saturated rings. The number of fused-ring (bicyclic) bond motifs is 1. The number of aliphatic hydroxyl groups is 1. The minimum Gasteiger partial charge on any atom is -0.587 e. The van der Waals surface area contributed by atoms with Gasteiger partial charge in [-0.05, 0) is 53.4 Å². The molecule has 2 aromatic carbocycles. The number of carbonyl (C=O) groups is 1. The van der Waals surface area contributed by atoms with Crippen LogP contribution >= 0.6 is 23.2 Å². The number of pyridine rings is 1. The quantitative estimate of drug-likeness (QED) is 0.195. The maximum Gasteiger partial charge on any atom is 0.433 e. The van der Waals surface area contributed by atoms with Crippen molar-refractivity contribution >= 4 is 51.6 Å². The molecule has 2 aromatic heterocycles. The van der Waals surface area contributed by atoms with E-state index in [1.165, 1.54) is 22.2 Å². The first-order valence-corrected chi connectivity index (χ1v) is 13.4. The van der Waals surface area contributed by atoms with Crippen LogP contribution in [0.2, 0.25) is 10.0 Å². The van der Waals surface area contributed by atoms with Gasteiger partial charge in [0.05, 0.1) is 23.2 Å². The molecule has 0 saturated carbocycles. The lowest BCUT2D eigenvalue weighted by atomic mass is 9.87. The smallest absolute Gasteiger partial charge is 0.433 e. The highest BCUT2D eigenvalue weighted by Gasteiger charge is 2.35. The summed E-state index contributed by atoms with van der Waals surface area (Å²) in [5.74, 6) is -0.787. The van der Waals surface area contributed by atoms with Crippen LogP contribution in [0.4, 0.5) is 13.2 Å². The second kappa shape index (κ2) is 10.7. The first-order chi connectivity index (χ1) is 18.1. The highest BCUT2D eigenvalue weighted by Crippen LogP contribution is 2.40. The van der Waals surface area contributed by atoms with Crippen LogP contribution in [0, 0.1) is 0 Å². The molecule has 0 aliphatic carbocycles. The number of hydrogen-bond donors (Lipinski definition) is 1. The minimum absolute atomic E-state index is 0.0265. The Morgan fingerprint density at radius 1 is 1.10 bits per heavy atom. The third-order valence-electron chi connectivity index (χ3n) is 6.08. The van der Waals surface area contributed by atoms with E-state index in [0.29, 0.717) is 4.90 Å². The van der Waals surface area contributed by atoms with Crippen LogP contribution in [0.25, 0.3) is 11.0 Å². The van der Waals surface area contributed by atoms with Crippen molar-refractivity contribution in [2.75, 3.05) is 7.11 Å². The number of ether oxygens (including phenoxy) is 1. The van der Waals surface area contributed by atoms with Crippen LogP contribution in [-0.4, -0.2) is 31.7 Å². The van der Waals surface area contributed by atoms with Gasteiger partial charge in [0.1, 0.15) is 34.4 Å². The number of aromatic nitrogens is 2. The van der Waals surface area contributed by atoms with Crippen molar-refractivity contribution in [3.05, 3.63) is 92.7 Å². The molecule has 1 N–H and O–H groups in total. The van der Waals surface area contributed by atoms with Gasteiger partial charge in [0, 0.05) is 10.6 Å². The molecule has 1 unspecified atom stereocenters. The van der Waals surface area contributed by atoms with Crippen LogP contribution in [-0.2, 0) is 27.7 Å². The molecule has 0 amide bonds. The number of benzene rings is 2. The van der Waals surface area contributed by atoms with Gasteiger partial charge in [0.15, 0.2) is 4.90 Å². The van der Waals surface area contributed by atoms with Gasteiger partial charge in [-0.25, -0.2) is 9.78 Å². The molecule has 4 rings (SSSR count). The van der Waals surface area contributed by atoms with E-state index in [4.69, 9.17) is 27.9 Å². The van der Waals surface area contributed by atoms with Gasteiger partial charge in [-0.1, -0.05) is 56.1 Å². The van der Waals surface area contributed by atoms with Gasteiger partial charge in [-0.2, -0.15) is 17.1 Å². The Bertz CT molecular complexity index is 1570. The van der Waals surface area contributed by atoms with E-state index in [1.807, 2.05) is 26.8 Å². The fraction of sp³-hybridized carbons (Fsp3) is 0.259. The monoisotopic (exact) mass is 598 g/mol. The summed E-state index contributed by atoms with van der Waals surface area (Å²) < 4.78 is 60.2. The molecule has 0 spiro atoms. The molecule has 0 bridgehead atoms. The highest BCUT2D eigenvalue weighted by atomic mass is 35.5. The number of methoxy groups -OCH3 is 1. The van der Waals surface area contributed by atoms with E-state index >= 15 is 0 Å². The third-order valence-corrected chi connectivity index (χ3v) is 8.22. The number of nitrogens with zero attached hydrogens (tertiary/aromatic N) is 2. The van der Waals surface area contributed by atoms with E-state index in [1.54, 1.807) is 18.2 Å². The Balaban J connectivity index is 1.98. The summed E-state index contributed by atoms with van der Waals surface area (Å²) in [6, 6.07) is 12.7. The number of rotatable bonds is 5. The van der Waals surface area contributed by atoms with Crippen molar-refractivity contribution in [3.63, 3.8) is 0 Å². The lowest BCUT2D eigenvalue weighted by molar-refractivity contribution is -0.140. The third kappa shape index (κ3) is 5.62. The summed E-state index contributed by atoms with van der Waals surface area (Å²) in [7, 11) is 1.15. The van der Waals surface area contributed by atoms with Crippen molar-refractivity contribution in [1.29, 1.82) is 0 Å². The van der Waals surface area contributed by atoms with Crippen LogP contribution in [0.5, 0.6) is 0 Å². The van der Waals surface area contributed by atoms with Crippen molar-refractivity contribution < 1.29 is 32.4 Å². The normalized spacial score (nSPS) is 13.9. The molecular weight excluding hydrogens is 576 g/mol. The van der Waals surface area contributed by atoms with E-state index < -0.39 is 35.3 Å². The largest absolute Gasteiger partial charge is 0.587 e. The zero-order chi connectivity index (χ0) is 28.9. The van der Waals surface area contributed by atoms with Crippen LogP contribution < -0.4 is 0 Å². The fourth-order valence-corrected chi connectivity index (χ4v) is 5.99. The maximum atomic E-state index is 14.0. The molecule has 12 heteroatoms. The molecule has 206 valence electrons. The van der Waals surface area contributed by atoms with E-state index in [0.717, 1.165) is 24.8 Å². The van der Waals surface area contributed by atoms with E-state index in [2.05, 4.69) is 4.98 Å². The van der Waals surface area contributed by atoms with Crippen molar-refractivity contribution in [1.82, 2.24) is 8.96 Å². The molecule has 2 heterocycles. The van der Waals surface area contributed by atoms with Crippen molar-refractivity contribution in [2.45, 2.75) is 43.4 Å². The Morgan fingerprint density at radius 3 is 2.41 bits per heavy atom. The van der Waals surface area contributed by atoms with Crippen LogP contribution in [0.15, 0.2) is 59.5 Å². The summed E-state index contributed by atoms with van der Waals surface area (Å²) in [6.45, 7) is 5.95. The number of carbonyl (C=O) groups excluding carboxylic acids is 1. The summed E-state index contributed by atoms with van der Waals surface area (Å²) in [5.41, 5.74) is -0.928. The van der Waals surface area contributed by atoms with Gasteiger partial charge in [-0.15, -0.1) is 0 Å². The predicted molar refractivity (Wildman–Crippen MR) is 144 cm³/mol. The van der Waals surface area contributed by atoms with Gasteiger partial charge in [-0.3, -0.25) is 0 Å². The van der Waals surface area contributed by atoms with Gasteiger partial charge < -0.3 is 14.4 Å². The van der Waals surface area contributed by atoms with Gasteiger partial charge in [0.25, 0.3) is 0 Å². The fourth-order valence-electron chi connectivity index (χ4n) is 4.03. The van der Waals surface area contributed by atoms with Gasteiger partial charge in [0.2, 0.25) is 0 Å². The number of hydrogen-bond acceptors (Lipinski definition) is 5. The SMILES string of the molecule is COC(=O)c1ccc(Cl)c([C@@H](O)c2cc3nc(C(F)(F)F)ccc3n2[S+]([O-])c2cccc(C(C)(C)C)c2)c1Cl. The molecule has 2 atom stereocenters. The molecule has 0 radical (unpaired) electrons. The molecule has 0 aliphatic heterocycles. The van der Waals surface area contributed by atoms with Crippen LogP contribution in [0.1, 0.15) is 59.7 Å². The maximum absolute atomic E-state index is 14.0. The zero-order valence-corrected chi connectivity index (χ0v) is 23.5. The lowest BCUT2D eigenvalue weighted by Gasteiger charge is -2.22. The standard InChI is InChI=1S/C27H23Cl2F3N2O4S/c1-26(2,3)14-6-5-7-15(12-14)39(37)34-19-10-11-21(27(30,31)32)33-18(19)13-20(34)24(35)22-17(28)9-8-16(23(22)29)25(36)38-4/h5-13,24,35H,1-4H3/t24-,39?/m0/s1. The molecule has 0 aliphatic rings. The highest BCUT2D eigenvalue weighted by molar-refractivity contribution is 7.90. The summed E-state index contributed by atoms with van der Waals surface area (Å²) in [4.78, 5) is 16.3. The average molecular weight is 599 g/mol. The average Bonchev–Trinajstić information content (AvgIpc) is 3.26. The Morgan fingerprint density at radius 2 is 1.79 bits per heavy atom. The van der Waals surface area contributed by atoms with E-state index in [9.17, 15) is 27.6 Å². The van der Waals surface area contributed by atoms with Crippen molar-refractivity contribution in [2.24, 2.45) is 0 Å². The zero-order valence-electron chi connectivity index (χ0n) is 21.1. The second-order valence-corrected chi connectivity index (χ2v) is 11.8. The first kappa shape index (κ1) is 29.2. The number of esters is 1. The Kier molecular flexibility index (Phi) is 7.99. The molecular formula is C27H23Cl2F3N2O4S. The Hall–Kier alpha value is -2.76. The number of halogens is 5. The lowest BCUT2D eigenvalue weighted by Crippen LogP contribution is -2.20. The summed E-state index contributed by atoms with van der Waals surface area (Å²) in [6.07, 6.45) is -6.43. The van der Waals surface area contributed by atoms with Gasteiger partial charge >= 0.3 is 12.1 Å². The topological polar surface area (TPSA) is 87.4 Å². The van der Waals surface area contributed by atoms with E-state index in [-0.39, 0.29) is 43.3 Å². The summed E-state index contributed by atoms with van der Waals surface area (Å²) >= 11 is 10.8. The summed E-state index contributed by atoms with van der Waals surface area (Å²) in [5, 5.41) is 11.3. The predicted octanol–water partition coefficient (Wildman–Crippen LogP) is 7.10. The number of aliphatic hydroxyl groups excluding tert-OH is 1. The Labute approximate surface area is 235 Å². The molecule has 4 aromatic rings. The minimum atomic E-state index is -4.73. The molecule has 39 heavy (non-hydrogen) atoms. The molecule has 0 saturated heterocycles. The second-order valence-electron chi connectivity index (χ2n) is 9.71. The van der Waals surface area contributed by atoms with Crippen molar-refractivity contribution in [3.8, 4) is 0 Å². The van der Waals surface area contributed by atoms with Crippen LogP contribution in [0.3, 0.4) is 0 Å². The number of alkyl halides is 3. The first-order valence-electron chi connectivity index (χ1n) is 11.5. The molecule has 6 nitrogen and oxygen atoms in total.